The topological polar surface area (TPSA) is 64.3 Å². The average molecular weight is 377 g/mol. The smallest absolute Gasteiger partial charge is 0.238 e. The van der Waals surface area contributed by atoms with Gasteiger partial charge in [0.1, 0.15) is 0 Å². The van der Waals surface area contributed by atoms with Crippen LogP contribution >= 0.6 is 0 Å². The van der Waals surface area contributed by atoms with Crippen LogP contribution in [-0.4, -0.2) is 53.5 Å². The van der Waals surface area contributed by atoms with Gasteiger partial charge < -0.3 is 15.2 Å². The van der Waals surface area contributed by atoms with Gasteiger partial charge in [-0.05, 0) is 55.7 Å². The van der Waals surface area contributed by atoms with Crippen LogP contribution in [0.4, 0.5) is 11.6 Å². The van der Waals surface area contributed by atoms with E-state index in [2.05, 4.69) is 33.9 Å². The number of hydrogen-bond acceptors (Lipinski definition) is 4. The van der Waals surface area contributed by atoms with E-state index in [4.69, 9.17) is 4.98 Å². The molecule has 6 nitrogen and oxygen atoms in total. The third kappa shape index (κ3) is 4.17. The molecule has 0 unspecified atom stereocenters. The number of nitrogens with one attached hydrogen (secondary N) is 2. The number of aryl methyl sites for hydroxylation is 2. The predicted octanol–water partition coefficient (Wildman–Crippen LogP) is 3.33. The van der Waals surface area contributed by atoms with Gasteiger partial charge >= 0.3 is 0 Å². The molecule has 2 heterocycles. The lowest BCUT2D eigenvalue weighted by Crippen LogP contribution is -2.36. The highest BCUT2D eigenvalue weighted by Gasteiger charge is 2.19. The molecule has 0 bridgehead atoms. The molecule has 1 aromatic heterocycles. The molecule has 0 spiro atoms. The molecule has 2 aromatic carbocycles. The minimum absolute atomic E-state index is 0.0421. The van der Waals surface area contributed by atoms with E-state index in [9.17, 15) is 4.79 Å². The van der Waals surface area contributed by atoms with Crippen molar-refractivity contribution in [2.75, 3.05) is 42.9 Å². The number of fused-ring (bicyclic) bond motifs is 1. The van der Waals surface area contributed by atoms with Crippen molar-refractivity contribution >= 4 is 28.6 Å². The fourth-order valence-corrected chi connectivity index (χ4v) is 3.65. The van der Waals surface area contributed by atoms with Gasteiger partial charge in [-0.2, -0.15) is 0 Å². The molecule has 0 radical (unpaired) electrons. The van der Waals surface area contributed by atoms with Crippen LogP contribution in [0.1, 0.15) is 17.5 Å². The van der Waals surface area contributed by atoms with E-state index in [0.29, 0.717) is 6.54 Å². The molecular formula is C22H27N5O. The van der Waals surface area contributed by atoms with Crippen LogP contribution in [-0.2, 0) is 4.79 Å². The number of benzene rings is 2. The van der Waals surface area contributed by atoms with E-state index >= 15 is 0 Å². The number of para-hydroxylation sites is 2. The molecule has 1 aliphatic rings. The summed E-state index contributed by atoms with van der Waals surface area (Å²) in [5.74, 6) is 0.961. The first-order chi connectivity index (χ1) is 13.6. The lowest BCUT2D eigenvalue weighted by molar-refractivity contribution is -0.117. The molecule has 146 valence electrons. The van der Waals surface area contributed by atoms with Gasteiger partial charge in [-0.3, -0.25) is 9.69 Å². The highest BCUT2D eigenvalue weighted by molar-refractivity contribution is 5.92. The van der Waals surface area contributed by atoms with Crippen LogP contribution in [0.3, 0.4) is 0 Å². The third-order valence-electron chi connectivity index (χ3n) is 5.42. The fraction of sp³-hybridized carbons (Fsp3) is 0.364. The minimum atomic E-state index is 0.0421. The number of nitrogens with zero attached hydrogens (tertiary/aromatic N) is 3. The predicted molar refractivity (Wildman–Crippen MR) is 114 cm³/mol. The Bertz CT molecular complexity index is 947. The first-order valence-electron chi connectivity index (χ1n) is 9.88. The quantitative estimate of drug-likeness (QED) is 0.732. The molecule has 0 saturated carbocycles. The van der Waals surface area contributed by atoms with E-state index in [1.807, 2.05) is 42.5 Å². The van der Waals surface area contributed by atoms with E-state index in [-0.39, 0.29) is 5.91 Å². The Labute approximate surface area is 165 Å². The zero-order chi connectivity index (χ0) is 19.5. The maximum absolute atomic E-state index is 12.5. The summed E-state index contributed by atoms with van der Waals surface area (Å²) in [7, 11) is 0. The zero-order valence-electron chi connectivity index (χ0n) is 16.5. The second-order valence-corrected chi connectivity index (χ2v) is 7.54. The number of hydrogen-bond donors (Lipinski definition) is 2. The summed E-state index contributed by atoms with van der Waals surface area (Å²) in [4.78, 5) is 25.1. The Hall–Kier alpha value is -2.86. The normalized spacial score (nSPS) is 15.6. The van der Waals surface area contributed by atoms with Crippen LogP contribution < -0.4 is 10.2 Å². The van der Waals surface area contributed by atoms with Gasteiger partial charge in [-0.1, -0.05) is 18.2 Å². The van der Waals surface area contributed by atoms with E-state index in [0.717, 1.165) is 55.3 Å². The second kappa shape index (κ2) is 8.02. The van der Waals surface area contributed by atoms with E-state index in [1.54, 1.807) is 0 Å². The van der Waals surface area contributed by atoms with E-state index in [1.165, 1.54) is 11.1 Å². The standard InChI is InChI=1S/C22H27N5O/c1-16-8-9-18(14-17(16)2)23-21(28)15-26-10-5-11-27(13-12-26)22-24-19-6-3-4-7-20(19)25-22/h3-4,6-9,14H,5,10-13,15H2,1-2H3,(H,23,28)(H,24,25). The van der Waals surface area contributed by atoms with Gasteiger partial charge in [0, 0.05) is 31.9 Å². The number of aromatic amines is 1. The van der Waals surface area contributed by atoms with Gasteiger partial charge in [0.15, 0.2) is 0 Å². The largest absolute Gasteiger partial charge is 0.341 e. The molecule has 1 fully saturated rings. The number of rotatable bonds is 4. The average Bonchev–Trinajstić information content (AvgIpc) is 2.98. The highest BCUT2D eigenvalue weighted by atomic mass is 16.2. The molecular weight excluding hydrogens is 350 g/mol. The molecule has 3 aromatic rings. The fourth-order valence-electron chi connectivity index (χ4n) is 3.65. The molecule has 28 heavy (non-hydrogen) atoms. The van der Waals surface area contributed by atoms with Crippen LogP contribution in [0, 0.1) is 13.8 Å². The summed E-state index contributed by atoms with van der Waals surface area (Å²) in [5.41, 5.74) is 5.34. The monoisotopic (exact) mass is 377 g/mol. The number of imidazole rings is 1. The Morgan fingerprint density at radius 2 is 1.93 bits per heavy atom. The first kappa shape index (κ1) is 18.5. The molecule has 0 atom stereocenters. The molecule has 4 rings (SSSR count). The van der Waals surface area contributed by atoms with Gasteiger partial charge in [-0.25, -0.2) is 4.98 Å². The molecule has 1 aliphatic heterocycles. The van der Waals surface area contributed by atoms with Crippen molar-refractivity contribution in [1.82, 2.24) is 14.9 Å². The zero-order valence-corrected chi connectivity index (χ0v) is 16.5. The SMILES string of the molecule is Cc1ccc(NC(=O)CN2CCCN(c3nc4ccccc4[nH]3)CC2)cc1C. The molecule has 1 amide bonds. The lowest BCUT2D eigenvalue weighted by Gasteiger charge is -2.21. The number of amides is 1. The number of carbonyl (C=O) groups is 1. The van der Waals surface area contributed by atoms with E-state index < -0.39 is 0 Å². The molecule has 2 N–H and O–H groups in total. The van der Waals surface area contributed by atoms with Gasteiger partial charge in [-0.15, -0.1) is 0 Å². The summed E-state index contributed by atoms with van der Waals surface area (Å²) >= 11 is 0. The number of anilines is 2. The van der Waals surface area contributed by atoms with Gasteiger partial charge in [0.25, 0.3) is 0 Å². The Morgan fingerprint density at radius 3 is 2.75 bits per heavy atom. The minimum Gasteiger partial charge on any atom is -0.341 e. The van der Waals surface area contributed by atoms with Crippen molar-refractivity contribution in [3.63, 3.8) is 0 Å². The van der Waals surface area contributed by atoms with Crippen molar-refractivity contribution in [2.24, 2.45) is 0 Å². The van der Waals surface area contributed by atoms with Crippen LogP contribution in [0.5, 0.6) is 0 Å². The van der Waals surface area contributed by atoms with Crippen molar-refractivity contribution in [3.05, 3.63) is 53.6 Å². The van der Waals surface area contributed by atoms with Crippen molar-refractivity contribution in [3.8, 4) is 0 Å². The number of carbonyl (C=O) groups excluding carboxylic acids is 1. The summed E-state index contributed by atoms with van der Waals surface area (Å²) < 4.78 is 0. The summed E-state index contributed by atoms with van der Waals surface area (Å²) in [6.45, 7) is 8.11. The van der Waals surface area contributed by atoms with Gasteiger partial charge in [0.2, 0.25) is 11.9 Å². The molecule has 0 aliphatic carbocycles. The maximum atomic E-state index is 12.5. The van der Waals surface area contributed by atoms with Crippen molar-refractivity contribution in [1.29, 1.82) is 0 Å². The third-order valence-corrected chi connectivity index (χ3v) is 5.42. The highest BCUT2D eigenvalue weighted by Crippen LogP contribution is 2.19. The number of H-pyrrole nitrogens is 1. The summed E-state index contributed by atoms with van der Waals surface area (Å²) in [6.07, 6.45) is 1.01. The van der Waals surface area contributed by atoms with Crippen LogP contribution in [0.25, 0.3) is 11.0 Å². The Morgan fingerprint density at radius 1 is 1.07 bits per heavy atom. The second-order valence-electron chi connectivity index (χ2n) is 7.54. The Balaban J connectivity index is 1.34. The lowest BCUT2D eigenvalue weighted by atomic mass is 10.1. The van der Waals surface area contributed by atoms with Crippen molar-refractivity contribution in [2.45, 2.75) is 20.3 Å². The van der Waals surface area contributed by atoms with Crippen LogP contribution in [0.15, 0.2) is 42.5 Å². The van der Waals surface area contributed by atoms with Gasteiger partial charge in [0.05, 0.1) is 17.6 Å². The van der Waals surface area contributed by atoms with Crippen molar-refractivity contribution < 1.29 is 4.79 Å². The summed E-state index contributed by atoms with van der Waals surface area (Å²) in [6, 6.07) is 14.1. The van der Waals surface area contributed by atoms with Crippen LogP contribution in [0.2, 0.25) is 0 Å². The number of aromatic nitrogens is 2. The molecule has 1 saturated heterocycles. The Kier molecular flexibility index (Phi) is 5.30. The first-order valence-corrected chi connectivity index (χ1v) is 9.88. The maximum Gasteiger partial charge on any atom is 0.238 e. The molecule has 6 heteroatoms. The summed E-state index contributed by atoms with van der Waals surface area (Å²) in [5, 5.41) is 3.03.